The zero-order chi connectivity index (χ0) is 12.1. The molecule has 5 heteroatoms. The number of nitriles is 1. The standard InChI is InChI=1S/C12H13ClN2O2/c13-11-5-9(6-14)1-2-12(11)15-7-10-8-16-3-4-17-10/h1-2,5,10,15H,3-4,7-8H2. The van der Waals surface area contributed by atoms with Gasteiger partial charge in [0.15, 0.2) is 0 Å². The number of nitrogens with one attached hydrogen (secondary N) is 1. The molecule has 90 valence electrons. The van der Waals surface area contributed by atoms with Gasteiger partial charge in [-0.3, -0.25) is 0 Å². The highest BCUT2D eigenvalue weighted by Crippen LogP contribution is 2.22. The number of hydrogen-bond donors (Lipinski definition) is 1. The van der Waals surface area contributed by atoms with E-state index in [9.17, 15) is 0 Å². The molecular formula is C12H13ClN2O2. The van der Waals surface area contributed by atoms with Crippen LogP contribution < -0.4 is 5.32 Å². The largest absolute Gasteiger partial charge is 0.381 e. The number of hydrogen-bond acceptors (Lipinski definition) is 4. The molecule has 1 aromatic carbocycles. The maximum atomic E-state index is 8.72. The molecule has 0 aromatic heterocycles. The Bertz CT molecular complexity index is 425. The van der Waals surface area contributed by atoms with Gasteiger partial charge in [-0.05, 0) is 18.2 Å². The zero-order valence-electron chi connectivity index (χ0n) is 9.28. The van der Waals surface area contributed by atoms with Crippen molar-refractivity contribution in [3.05, 3.63) is 28.8 Å². The maximum Gasteiger partial charge on any atom is 0.0992 e. The van der Waals surface area contributed by atoms with E-state index in [-0.39, 0.29) is 6.10 Å². The lowest BCUT2D eigenvalue weighted by molar-refractivity contribution is -0.0818. The molecule has 1 aromatic rings. The molecule has 1 unspecified atom stereocenters. The van der Waals surface area contributed by atoms with Crippen LogP contribution in [0.5, 0.6) is 0 Å². The molecule has 0 aliphatic carbocycles. The minimum atomic E-state index is 0.0514. The van der Waals surface area contributed by atoms with Crippen LogP contribution >= 0.6 is 11.6 Å². The zero-order valence-corrected chi connectivity index (χ0v) is 10.0. The van der Waals surface area contributed by atoms with Crippen molar-refractivity contribution in [2.45, 2.75) is 6.10 Å². The minimum Gasteiger partial charge on any atom is -0.381 e. The van der Waals surface area contributed by atoms with Gasteiger partial charge < -0.3 is 14.8 Å². The Morgan fingerprint density at radius 3 is 3.00 bits per heavy atom. The second kappa shape index (κ2) is 5.87. The first-order chi connectivity index (χ1) is 8.29. The van der Waals surface area contributed by atoms with E-state index < -0.39 is 0 Å². The molecule has 0 radical (unpaired) electrons. The van der Waals surface area contributed by atoms with E-state index in [0.29, 0.717) is 37.0 Å². The van der Waals surface area contributed by atoms with Gasteiger partial charge in [-0.1, -0.05) is 11.6 Å². The number of anilines is 1. The minimum absolute atomic E-state index is 0.0514. The van der Waals surface area contributed by atoms with Crippen molar-refractivity contribution in [1.82, 2.24) is 0 Å². The Morgan fingerprint density at radius 2 is 2.35 bits per heavy atom. The van der Waals surface area contributed by atoms with Gasteiger partial charge in [0.25, 0.3) is 0 Å². The molecule has 2 rings (SSSR count). The van der Waals surface area contributed by atoms with Crippen LogP contribution in [0.3, 0.4) is 0 Å². The summed E-state index contributed by atoms with van der Waals surface area (Å²) >= 11 is 6.04. The molecule has 0 bridgehead atoms. The fourth-order valence-electron chi connectivity index (χ4n) is 1.61. The summed E-state index contributed by atoms with van der Waals surface area (Å²) in [5.41, 5.74) is 1.36. The van der Waals surface area contributed by atoms with Crippen molar-refractivity contribution in [1.29, 1.82) is 5.26 Å². The fourth-order valence-corrected chi connectivity index (χ4v) is 1.85. The predicted octanol–water partition coefficient (Wildman–Crippen LogP) is 2.04. The van der Waals surface area contributed by atoms with Crippen LogP contribution in [0.1, 0.15) is 5.56 Å². The van der Waals surface area contributed by atoms with E-state index in [1.165, 1.54) is 0 Å². The molecule has 0 amide bonds. The number of ether oxygens (including phenoxy) is 2. The molecule has 17 heavy (non-hydrogen) atoms. The van der Waals surface area contributed by atoms with Gasteiger partial charge in [0, 0.05) is 6.54 Å². The third kappa shape index (κ3) is 3.34. The molecule has 0 spiro atoms. The lowest BCUT2D eigenvalue weighted by atomic mass is 10.2. The summed E-state index contributed by atoms with van der Waals surface area (Å²) in [5.74, 6) is 0. The highest BCUT2D eigenvalue weighted by Gasteiger charge is 2.14. The quantitative estimate of drug-likeness (QED) is 0.895. The summed E-state index contributed by atoms with van der Waals surface area (Å²) in [6, 6.07) is 7.21. The van der Waals surface area contributed by atoms with Gasteiger partial charge in [0.05, 0.1) is 48.3 Å². The fraction of sp³-hybridized carbons (Fsp3) is 0.417. The third-order valence-corrected chi connectivity index (χ3v) is 2.82. The maximum absolute atomic E-state index is 8.72. The van der Waals surface area contributed by atoms with Crippen LogP contribution in [0.25, 0.3) is 0 Å². The Kier molecular flexibility index (Phi) is 4.21. The smallest absolute Gasteiger partial charge is 0.0992 e. The first-order valence-electron chi connectivity index (χ1n) is 5.42. The van der Waals surface area contributed by atoms with Crippen molar-refractivity contribution in [3.8, 4) is 6.07 Å². The molecule has 1 fully saturated rings. The third-order valence-electron chi connectivity index (χ3n) is 2.50. The molecule has 1 atom stereocenters. The van der Waals surface area contributed by atoms with E-state index in [1.54, 1.807) is 18.2 Å². The summed E-state index contributed by atoms with van der Waals surface area (Å²) in [6.45, 7) is 2.54. The van der Waals surface area contributed by atoms with E-state index in [2.05, 4.69) is 5.32 Å². The van der Waals surface area contributed by atoms with Crippen LogP contribution in [0, 0.1) is 11.3 Å². The summed E-state index contributed by atoms with van der Waals surface area (Å²) < 4.78 is 10.8. The summed E-state index contributed by atoms with van der Waals surface area (Å²) in [4.78, 5) is 0. The molecule has 1 N–H and O–H groups in total. The second-order valence-electron chi connectivity index (χ2n) is 3.76. The van der Waals surface area contributed by atoms with Crippen molar-refractivity contribution < 1.29 is 9.47 Å². The molecular weight excluding hydrogens is 240 g/mol. The van der Waals surface area contributed by atoms with Gasteiger partial charge in [-0.15, -0.1) is 0 Å². The number of rotatable bonds is 3. The van der Waals surface area contributed by atoms with Gasteiger partial charge in [0.1, 0.15) is 0 Å². The highest BCUT2D eigenvalue weighted by molar-refractivity contribution is 6.33. The number of nitrogens with zero attached hydrogens (tertiary/aromatic N) is 1. The molecule has 4 nitrogen and oxygen atoms in total. The normalized spacial score (nSPS) is 19.6. The SMILES string of the molecule is N#Cc1ccc(NCC2COCCO2)c(Cl)c1. The lowest BCUT2D eigenvalue weighted by Crippen LogP contribution is -2.34. The van der Waals surface area contributed by atoms with Crippen molar-refractivity contribution >= 4 is 17.3 Å². The second-order valence-corrected chi connectivity index (χ2v) is 4.16. The molecule has 1 saturated heterocycles. The van der Waals surface area contributed by atoms with E-state index in [0.717, 1.165) is 5.69 Å². The van der Waals surface area contributed by atoms with Crippen LogP contribution in [0.2, 0.25) is 5.02 Å². The summed E-state index contributed by atoms with van der Waals surface area (Å²) in [5, 5.41) is 12.5. The summed E-state index contributed by atoms with van der Waals surface area (Å²) in [7, 11) is 0. The predicted molar refractivity (Wildman–Crippen MR) is 65.2 cm³/mol. The molecule has 1 heterocycles. The Hall–Kier alpha value is -1.28. The van der Waals surface area contributed by atoms with Crippen LogP contribution in [-0.4, -0.2) is 32.5 Å². The number of benzene rings is 1. The molecule has 1 aliphatic rings. The van der Waals surface area contributed by atoms with Crippen LogP contribution in [0.15, 0.2) is 18.2 Å². The highest BCUT2D eigenvalue weighted by atomic mass is 35.5. The van der Waals surface area contributed by atoms with Gasteiger partial charge in [-0.25, -0.2) is 0 Å². The van der Waals surface area contributed by atoms with Gasteiger partial charge in [-0.2, -0.15) is 5.26 Å². The molecule has 1 aliphatic heterocycles. The van der Waals surface area contributed by atoms with E-state index >= 15 is 0 Å². The summed E-state index contributed by atoms with van der Waals surface area (Å²) in [6.07, 6.45) is 0.0514. The molecule has 0 saturated carbocycles. The topological polar surface area (TPSA) is 54.3 Å². The average molecular weight is 253 g/mol. The first-order valence-corrected chi connectivity index (χ1v) is 5.80. The lowest BCUT2D eigenvalue weighted by Gasteiger charge is -2.23. The van der Waals surface area contributed by atoms with Gasteiger partial charge in [0.2, 0.25) is 0 Å². The van der Waals surface area contributed by atoms with Crippen LogP contribution in [0.4, 0.5) is 5.69 Å². The van der Waals surface area contributed by atoms with E-state index in [1.807, 2.05) is 6.07 Å². The number of halogens is 1. The van der Waals surface area contributed by atoms with Crippen molar-refractivity contribution in [3.63, 3.8) is 0 Å². The van der Waals surface area contributed by atoms with Crippen molar-refractivity contribution in [2.24, 2.45) is 0 Å². The van der Waals surface area contributed by atoms with Crippen molar-refractivity contribution in [2.75, 3.05) is 31.7 Å². The monoisotopic (exact) mass is 252 g/mol. The first kappa shape index (κ1) is 12.2. The Balaban J connectivity index is 1.92. The average Bonchev–Trinajstić information content (AvgIpc) is 2.38. The Morgan fingerprint density at radius 1 is 1.47 bits per heavy atom. The van der Waals surface area contributed by atoms with Crippen LogP contribution in [-0.2, 0) is 9.47 Å². The Labute approximate surface area is 105 Å². The van der Waals surface area contributed by atoms with E-state index in [4.69, 9.17) is 26.3 Å². The van der Waals surface area contributed by atoms with Gasteiger partial charge >= 0.3 is 0 Å².